The molecule has 0 radical (unpaired) electrons. The molecule has 0 bridgehead atoms. The molecule has 0 aliphatic carbocycles. The van der Waals surface area contributed by atoms with E-state index >= 15 is 0 Å². The highest BCUT2D eigenvalue weighted by atomic mass is 16.5. The Labute approximate surface area is 131 Å². The summed E-state index contributed by atoms with van der Waals surface area (Å²) in [6.07, 6.45) is 1.49. The number of hydrogen-bond donors (Lipinski definition) is 0. The van der Waals surface area contributed by atoms with Gasteiger partial charge >= 0.3 is 0 Å². The van der Waals surface area contributed by atoms with Crippen LogP contribution in [0.2, 0.25) is 0 Å². The molecule has 0 N–H and O–H groups in total. The standard InChI is InChI=1S/C17H22N2O3/c1-5-11(2)17(20)19-7-6-12-8-15(21-3)16(22-4)9-13(12)14(19)10-18/h8-9,11,14H,5-7H2,1-4H3/t11-,14?/m0/s1. The highest BCUT2D eigenvalue weighted by molar-refractivity contribution is 5.80. The predicted molar refractivity (Wildman–Crippen MR) is 82.8 cm³/mol. The first-order chi connectivity index (χ1) is 10.6. The van der Waals surface area contributed by atoms with Crippen molar-refractivity contribution in [1.29, 1.82) is 5.26 Å². The highest BCUT2D eigenvalue weighted by Gasteiger charge is 2.33. The van der Waals surface area contributed by atoms with Gasteiger partial charge in [-0.1, -0.05) is 13.8 Å². The van der Waals surface area contributed by atoms with E-state index in [0.717, 1.165) is 24.0 Å². The number of benzene rings is 1. The summed E-state index contributed by atoms with van der Waals surface area (Å²) >= 11 is 0. The second-order valence-corrected chi connectivity index (χ2v) is 5.53. The molecule has 0 saturated carbocycles. The number of carbonyl (C=O) groups excluding carboxylic acids is 1. The molecule has 2 atom stereocenters. The summed E-state index contributed by atoms with van der Waals surface area (Å²) in [4.78, 5) is 14.2. The highest BCUT2D eigenvalue weighted by Crippen LogP contribution is 2.38. The molecule has 0 spiro atoms. The van der Waals surface area contributed by atoms with Crippen LogP contribution >= 0.6 is 0 Å². The van der Waals surface area contributed by atoms with E-state index < -0.39 is 6.04 Å². The second-order valence-electron chi connectivity index (χ2n) is 5.53. The van der Waals surface area contributed by atoms with E-state index in [-0.39, 0.29) is 11.8 Å². The molecule has 1 aliphatic heterocycles. The van der Waals surface area contributed by atoms with Gasteiger partial charge in [0.2, 0.25) is 5.91 Å². The van der Waals surface area contributed by atoms with E-state index in [1.54, 1.807) is 19.1 Å². The molecule has 1 amide bonds. The molecule has 118 valence electrons. The van der Waals surface area contributed by atoms with E-state index in [1.807, 2.05) is 26.0 Å². The average Bonchev–Trinajstić information content (AvgIpc) is 2.57. The lowest BCUT2D eigenvalue weighted by molar-refractivity contribution is -0.136. The van der Waals surface area contributed by atoms with Crippen molar-refractivity contribution in [3.8, 4) is 17.6 Å². The van der Waals surface area contributed by atoms with Crippen LogP contribution in [0.1, 0.15) is 37.4 Å². The Hall–Kier alpha value is -2.22. The Bertz CT molecular complexity index is 607. The monoisotopic (exact) mass is 302 g/mol. The van der Waals surface area contributed by atoms with Crippen molar-refractivity contribution < 1.29 is 14.3 Å². The van der Waals surface area contributed by atoms with Gasteiger partial charge in [-0.25, -0.2) is 0 Å². The first-order valence-corrected chi connectivity index (χ1v) is 7.52. The quantitative estimate of drug-likeness (QED) is 0.858. The summed E-state index contributed by atoms with van der Waals surface area (Å²) in [5.41, 5.74) is 1.88. The zero-order valence-corrected chi connectivity index (χ0v) is 13.5. The first-order valence-electron chi connectivity index (χ1n) is 7.52. The molecular weight excluding hydrogens is 280 g/mol. The fraction of sp³-hybridized carbons (Fsp3) is 0.529. The molecule has 5 nitrogen and oxygen atoms in total. The van der Waals surface area contributed by atoms with Crippen LogP contribution in [0.3, 0.4) is 0 Å². The van der Waals surface area contributed by atoms with Gasteiger partial charge in [0.15, 0.2) is 11.5 Å². The van der Waals surface area contributed by atoms with Gasteiger partial charge in [0.05, 0.1) is 20.3 Å². The number of rotatable bonds is 4. The SMILES string of the molecule is CC[C@H](C)C(=O)N1CCc2cc(OC)c(OC)cc2C1C#N. The van der Waals surface area contributed by atoms with Gasteiger partial charge in [-0.2, -0.15) is 5.26 Å². The van der Waals surface area contributed by atoms with E-state index in [9.17, 15) is 10.1 Å². The largest absolute Gasteiger partial charge is 0.493 e. The van der Waals surface area contributed by atoms with Crippen LogP contribution in [-0.2, 0) is 11.2 Å². The summed E-state index contributed by atoms with van der Waals surface area (Å²) in [7, 11) is 3.16. The molecule has 1 unspecified atom stereocenters. The van der Waals surface area contributed by atoms with Gasteiger partial charge < -0.3 is 14.4 Å². The van der Waals surface area contributed by atoms with Crippen molar-refractivity contribution in [2.24, 2.45) is 5.92 Å². The molecule has 1 aliphatic rings. The third kappa shape index (κ3) is 2.74. The van der Waals surface area contributed by atoms with E-state index in [1.165, 1.54) is 0 Å². The summed E-state index contributed by atoms with van der Waals surface area (Å²) in [5, 5.41) is 9.59. The smallest absolute Gasteiger partial charge is 0.226 e. The molecule has 0 fully saturated rings. The number of carbonyl (C=O) groups is 1. The molecule has 5 heteroatoms. The van der Waals surface area contributed by atoms with E-state index in [4.69, 9.17) is 9.47 Å². The van der Waals surface area contributed by atoms with Gasteiger partial charge in [-0.15, -0.1) is 0 Å². The molecule has 22 heavy (non-hydrogen) atoms. The Morgan fingerprint density at radius 2 is 2.05 bits per heavy atom. The topological polar surface area (TPSA) is 62.6 Å². The Morgan fingerprint density at radius 3 is 2.59 bits per heavy atom. The van der Waals surface area contributed by atoms with Crippen molar-refractivity contribution in [3.05, 3.63) is 23.3 Å². The van der Waals surface area contributed by atoms with Crippen molar-refractivity contribution in [3.63, 3.8) is 0 Å². The number of ether oxygens (including phenoxy) is 2. The number of nitrogens with zero attached hydrogens (tertiary/aromatic N) is 2. The normalized spacial score (nSPS) is 18.1. The number of methoxy groups -OCH3 is 2. The lowest BCUT2D eigenvalue weighted by atomic mass is 9.91. The lowest BCUT2D eigenvalue weighted by Crippen LogP contribution is -2.42. The van der Waals surface area contributed by atoms with Crippen molar-refractivity contribution >= 4 is 5.91 Å². The third-order valence-electron chi connectivity index (χ3n) is 4.31. The van der Waals surface area contributed by atoms with Crippen LogP contribution in [0, 0.1) is 17.2 Å². The van der Waals surface area contributed by atoms with Crippen LogP contribution < -0.4 is 9.47 Å². The number of amides is 1. The molecule has 0 aromatic heterocycles. The van der Waals surface area contributed by atoms with Gasteiger partial charge in [0, 0.05) is 12.5 Å². The van der Waals surface area contributed by atoms with Gasteiger partial charge in [-0.3, -0.25) is 4.79 Å². The van der Waals surface area contributed by atoms with Gasteiger partial charge in [0.1, 0.15) is 6.04 Å². The summed E-state index contributed by atoms with van der Waals surface area (Å²) in [6.45, 7) is 4.44. The maximum atomic E-state index is 12.5. The van der Waals surface area contributed by atoms with Crippen LogP contribution in [0.5, 0.6) is 11.5 Å². The average molecular weight is 302 g/mol. The van der Waals surface area contributed by atoms with Crippen LogP contribution in [-0.4, -0.2) is 31.6 Å². The van der Waals surface area contributed by atoms with Crippen LogP contribution in [0.25, 0.3) is 0 Å². The molecule has 0 saturated heterocycles. The number of hydrogen-bond acceptors (Lipinski definition) is 4. The fourth-order valence-electron chi connectivity index (χ4n) is 2.78. The fourth-order valence-corrected chi connectivity index (χ4v) is 2.78. The van der Waals surface area contributed by atoms with Gasteiger partial charge in [0.25, 0.3) is 0 Å². The van der Waals surface area contributed by atoms with Crippen LogP contribution in [0.15, 0.2) is 12.1 Å². The summed E-state index contributed by atoms with van der Waals surface area (Å²) in [5.74, 6) is 1.20. The predicted octanol–water partition coefficient (Wildman–Crippen LogP) is 2.70. The van der Waals surface area contributed by atoms with E-state index in [2.05, 4.69) is 6.07 Å². The summed E-state index contributed by atoms with van der Waals surface area (Å²) < 4.78 is 10.6. The third-order valence-corrected chi connectivity index (χ3v) is 4.31. The summed E-state index contributed by atoms with van der Waals surface area (Å²) in [6, 6.07) is 5.43. The zero-order chi connectivity index (χ0) is 16.3. The molecule has 2 rings (SSSR count). The Balaban J connectivity index is 2.43. The maximum absolute atomic E-state index is 12.5. The van der Waals surface area contributed by atoms with Crippen molar-refractivity contribution in [2.45, 2.75) is 32.7 Å². The lowest BCUT2D eigenvalue weighted by Gasteiger charge is -2.35. The van der Waals surface area contributed by atoms with Crippen LogP contribution in [0.4, 0.5) is 0 Å². The number of fused-ring (bicyclic) bond motifs is 1. The minimum atomic E-state index is -0.565. The van der Waals surface area contributed by atoms with E-state index in [0.29, 0.717) is 18.0 Å². The molecule has 1 aromatic carbocycles. The second kappa shape index (κ2) is 6.69. The molecule has 1 aromatic rings. The molecule has 1 heterocycles. The molecular formula is C17H22N2O3. The Morgan fingerprint density at radius 1 is 1.41 bits per heavy atom. The Kier molecular flexibility index (Phi) is 4.92. The minimum absolute atomic E-state index is 0.0366. The zero-order valence-electron chi connectivity index (χ0n) is 13.5. The van der Waals surface area contributed by atoms with Crippen molar-refractivity contribution in [2.75, 3.05) is 20.8 Å². The van der Waals surface area contributed by atoms with Gasteiger partial charge in [-0.05, 0) is 36.1 Å². The van der Waals surface area contributed by atoms with Crippen molar-refractivity contribution in [1.82, 2.24) is 4.90 Å². The minimum Gasteiger partial charge on any atom is -0.493 e. The maximum Gasteiger partial charge on any atom is 0.226 e. The number of nitriles is 1. The first kappa shape index (κ1) is 16.2.